The monoisotopic (exact) mass is 221 g/mol. The van der Waals surface area contributed by atoms with Crippen LogP contribution in [0, 0.1) is 0 Å². The number of hydrogen-bond donors (Lipinski definition) is 1. The Morgan fingerprint density at radius 2 is 2.19 bits per heavy atom. The maximum Gasteiger partial charge on any atom is 0.218 e. The van der Waals surface area contributed by atoms with Gasteiger partial charge in [-0.25, -0.2) is 4.98 Å². The van der Waals surface area contributed by atoms with Crippen molar-refractivity contribution in [2.75, 3.05) is 12.3 Å². The summed E-state index contributed by atoms with van der Waals surface area (Å²) < 4.78 is 5.50. The lowest BCUT2D eigenvalue weighted by Crippen LogP contribution is -2.06. The second-order valence-electron chi connectivity index (χ2n) is 4.20. The van der Waals surface area contributed by atoms with E-state index in [9.17, 15) is 0 Å². The summed E-state index contributed by atoms with van der Waals surface area (Å²) in [5.74, 6) is 1.94. The van der Waals surface area contributed by atoms with Gasteiger partial charge in [-0.15, -0.1) is 6.58 Å². The molecule has 0 fully saturated rings. The average molecular weight is 221 g/mol. The standard InChI is InChI=1S/C12H19N3O/c1-8(2)5-6-16-11-7-10(13)14-12(15-11)9(3)4/h7,9H,1,5-6H2,2-4H3,(H2,13,14,15). The van der Waals surface area contributed by atoms with Crippen LogP contribution in [0.25, 0.3) is 0 Å². The van der Waals surface area contributed by atoms with Gasteiger partial charge in [0.15, 0.2) is 0 Å². The Balaban J connectivity index is 2.69. The van der Waals surface area contributed by atoms with Crippen molar-refractivity contribution < 1.29 is 4.74 Å². The number of rotatable bonds is 5. The maximum atomic E-state index is 5.68. The molecule has 0 saturated carbocycles. The molecule has 0 bridgehead atoms. The number of anilines is 1. The van der Waals surface area contributed by atoms with Gasteiger partial charge < -0.3 is 10.5 Å². The summed E-state index contributed by atoms with van der Waals surface area (Å²) in [6.45, 7) is 10.4. The third-order valence-corrected chi connectivity index (χ3v) is 2.03. The molecule has 4 nitrogen and oxygen atoms in total. The lowest BCUT2D eigenvalue weighted by Gasteiger charge is -2.09. The normalized spacial score (nSPS) is 10.5. The van der Waals surface area contributed by atoms with Crippen LogP contribution in [0.4, 0.5) is 5.82 Å². The summed E-state index contributed by atoms with van der Waals surface area (Å²) in [6.07, 6.45) is 0.820. The number of nitrogens with zero attached hydrogens (tertiary/aromatic N) is 2. The smallest absolute Gasteiger partial charge is 0.218 e. The van der Waals surface area contributed by atoms with Crippen LogP contribution in [0.2, 0.25) is 0 Å². The molecule has 0 aliphatic heterocycles. The van der Waals surface area contributed by atoms with E-state index in [0.717, 1.165) is 12.0 Å². The van der Waals surface area contributed by atoms with Crippen molar-refractivity contribution in [1.29, 1.82) is 0 Å². The highest BCUT2D eigenvalue weighted by molar-refractivity contribution is 5.33. The zero-order chi connectivity index (χ0) is 12.1. The molecule has 0 aliphatic rings. The number of aromatic nitrogens is 2. The van der Waals surface area contributed by atoms with Gasteiger partial charge in [0, 0.05) is 18.4 Å². The number of nitrogen functional groups attached to an aromatic ring is 1. The van der Waals surface area contributed by atoms with Crippen molar-refractivity contribution in [2.45, 2.75) is 33.1 Å². The van der Waals surface area contributed by atoms with E-state index in [1.807, 2.05) is 20.8 Å². The first-order valence-electron chi connectivity index (χ1n) is 5.40. The third kappa shape index (κ3) is 3.88. The first-order valence-corrected chi connectivity index (χ1v) is 5.40. The van der Waals surface area contributed by atoms with Crippen molar-refractivity contribution in [3.05, 3.63) is 24.0 Å². The first kappa shape index (κ1) is 12.5. The molecule has 2 N–H and O–H groups in total. The average Bonchev–Trinajstić information content (AvgIpc) is 2.16. The number of ether oxygens (including phenoxy) is 1. The van der Waals surface area contributed by atoms with E-state index < -0.39 is 0 Å². The first-order chi connectivity index (χ1) is 7.49. The lowest BCUT2D eigenvalue weighted by atomic mass is 10.2. The fraction of sp³-hybridized carbons (Fsp3) is 0.500. The number of nitrogens with two attached hydrogens (primary N) is 1. The van der Waals surface area contributed by atoms with Crippen molar-refractivity contribution in [2.24, 2.45) is 0 Å². The van der Waals surface area contributed by atoms with Crippen LogP contribution in [-0.4, -0.2) is 16.6 Å². The quantitative estimate of drug-likeness (QED) is 0.776. The predicted molar refractivity (Wildman–Crippen MR) is 65.5 cm³/mol. The minimum Gasteiger partial charge on any atom is -0.477 e. The fourth-order valence-corrected chi connectivity index (χ4v) is 1.12. The van der Waals surface area contributed by atoms with E-state index in [-0.39, 0.29) is 5.92 Å². The van der Waals surface area contributed by atoms with E-state index in [1.165, 1.54) is 0 Å². The van der Waals surface area contributed by atoms with Crippen molar-refractivity contribution >= 4 is 5.82 Å². The zero-order valence-electron chi connectivity index (χ0n) is 10.2. The molecule has 88 valence electrons. The minimum atomic E-state index is 0.243. The molecule has 0 saturated heterocycles. The Hall–Kier alpha value is -1.58. The van der Waals surface area contributed by atoms with Crippen LogP contribution in [0.3, 0.4) is 0 Å². The van der Waals surface area contributed by atoms with Crippen molar-refractivity contribution in [3.8, 4) is 5.88 Å². The molecule has 0 unspecified atom stereocenters. The van der Waals surface area contributed by atoms with E-state index >= 15 is 0 Å². The molecule has 1 heterocycles. The molecule has 0 spiro atoms. The van der Waals surface area contributed by atoms with Gasteiger partial charge in [0.2, 0.25) is 5.88 Å². The highest BCUT2D eigenvalue weighted by atomic mass is 16.5. The molecule has 0 radical (unpaired) electrons. The van der Waals surface area contributed by atoms with Gasteiger partial charge >= 0.3 is 0 Å². The molecule has 0 aromatic carbocycles. The van der Waals surface area contributed by atoms with Gasteiger partial charge in [-0.3, -0.25) is 0 Å². The van der Waals surface area contributed by atoms with Crippen LogP contribution < -0.4 is 10.5 Å². The lowest BCUT2D eigenvalue weighted by molar-refractivity contribution is 0.307. The van der Waals surface area contributed by atoms with Gasteiger partial charge in [0.1, 0.15) is 11.6 Å². The van der Waals surface area contributed by atoms with Gasteiger partial charge in [-0.05, 0) is 6.92 Å². The van der Waals surface area contributed by atoms with Crippen molar-refractivity contribution in [1.82, 2.24) is 9.97 Å². The Bertz CT molecular complexity index is 375. The molecule has 16 heavy (non-hydrogen) atoms. The SMILES string of the molecule is C=C(C)CCOc1cc(N)nc(C(C)C)n1. The third-order valence-electron chi connectivity index (χ3n) is 2.03. The highest BCUT2D eigenvalue weighted by Gasteiger charge is 2.07. The molecule has 4 heteroatoms. The van der Waals surface area contributed by atoms with E-state index in [4.69, 9.17) is 10.5 Å². The summed E-state index contributed by atoms with van der Waals surface area (Å²) >= 11 is 0. The molecular formula is C12H19N3O. The zero-order valence-corrected chi connectivity index (χ0v) is 10.2. The van der Waals surface area contributed by atoms with Crippen LogP contribution >= 0.6 is 0 Å². The van der Waals surface area contributed by atoms with Gasteiger partial charge in [-0.1, -0.05) is 19.4 Å². The van der Waals surface area contributed by atoms with E-state index in [0.29, 0.717) is 24.1 Å². The minimum absolute atomic E-state index is 0.243. The van der Waals surface area contributed by atoms with Gasteiger partial charge in [0.25, 0.3) is 0 Å². The summed E-state index contributed by atoms with van der Waals surface area (Å²) in [7, 11) is 0. The van der Waals surface area contributed by atoms with Crippen molar-refractivity contribution in [3.63, 3.8) is 0 Å². The molecule has 0 amide bonds. The van der Waals surface area contributed by atoms with Gasteiger partial charge in [0.05, 0.1) is 6.61 Å². The predicted octanol–water partition coefficient (Wildman–Crippen LogP) is 2.53. The Morgan fingerprint density at radius 1 is 1.50 bits per heavy atom. The van der Waals surface area contributed by atoms with E-state index in [1.54, 1.807) is 6.07 Å². The van der Waals surface area contributed by atoms with Crippen LogP contribution in [0.15, 0.2) is 18.2 Å². The van der Waals surface area contributed by atoms with Crippen LogP contribution in [0.5, 0.6) is 5.88 Å². The molecule has 0 aliphatic carbocycles. The summed E-state index contributed by atoms with van der Waals surface area (Å²) in [4.78, 5) is 8.43. The molecule has 1 rings (SSSR count). The summed E-state index contributed by atoms with van der Waals surface area (Å²) in [5, 5.41) is 0. The van der Waals surface area contributed by atoms with Crippen LogP contribution in [-0.2, 0) is 0 Å². The molecule has 1 aromatic rings. The highest BCUT2D eigenvalue weighted by Crippen LogP contribution is 2.16. The van der Waals surface area contributed by atoms with Gasteiger partial charge in [-0.2, -0.15) is 4.98 Å². The summed E-state index contributed by atoms with van der Waals surface area (Å²) in [6, 6.07) is 1.64. The summed E-state index contributed by atoms with van der Waals surface area (Å²) in [5.41, 5.74) is 6.77. The second kappa shape index (κ2) is 5.49. The topological polar surface area (TPSA) is 61.0 Å². The largest absolute Gasteiger partial charge is 0.477 e. The number of hydrogen-bond acceptors (Lipinski definition) is 4. The second-order valence-corrected chi connectivity index (χ2v) is 4.20. The Kier molecular flexibility index (Phi) is 4.28. The molecule has 0 atom stereocenters. The van der Waals surface area contributed by atoms with Crippen LogP contribution in [0.1, 0.15) is 38.9 Å². The molecule has 1 aromatic heterocycles. The van der Waals surface area contributed by atoms with E-state index in [2.05, 4.69) is 16.5 Å². The molecular weight excluding hydrogens is 202 g/mol. The Labute approximate surface area is 96.6 Å². The Morgan fingerprint density at radius 3 is 2.75 bits per heavy atom. The fourth-order valence-electron chi connectivity index (χ4n) is 1.12. The maximum absolute atomic E-state index is 5.68.